The Morgan fingerprint density at radius 2 is 1.61 bits per heavy atom. The zero-order valence-corrected chi connectivity index (χ0v) is 12.5. The minimum Gasteiger partial charge on any atom is -0.368 e. The van der Waals surface area contributed by atoms with Crippen molar-refractivity contribution in [2.75, 3.05) is 31.1 Å². The fourth-order valence-electron chi connectivity index (χ4n) is 2.63. The van der Waals surface area contributed by atoms with E-state index >= 15 is 0 Å². The Morgan fingerprint density at radius 3 is 2.17 bits per heavy atom. The molecule has 1 aliphatic rings. The number of anilines is 1. The Bertz CT molecular complexity index is 695. The van der Waals surface area contributed by atoms with E-state index in [-0.39, 0.29) is 11.6 Å². The summed E-state index contributed by atoms with van der Waals surface area (Å²) in [5, 5.41) is 10.7. The van der Waals surface area contributed by atoms with Crippen LogP contribution in [0.5, 0.6) is 0 Å². The molecular weight excluding hydrogens is 296 g/mol. The summed E-state index contributed by atoms with van der Waals surface area (Å²) in [5.74, 6) is 0.00995. The fraction of sp³-hybridized carbons (Fsp3) is 0.250. The predicted octanol–water partition coefficient (Wildman–Crippen LogP) is 1.95. The van der Waals surface area contributed by atoms with Crippen LogP contribution in [0.25, 0.3) is 0 Å². The highest BCUT2D eigenvalue weighted by molar-refractivity contribution is 5.94. The van der Waals surface area contributed by atoms with Gasteiger partial charge in [-0.25, -0.2) is 0 Å². The lowest BCUT2D eigenvalue weighted by atomic mass is 10.2. The summed E-state index contributed by atoms with van der Waals surface area (Å²) in [6, 6.07) is 9.93. The molecule has 2 aromatic rings. The third-order valence-corrected chi connectivity index (χ3v) is 3.92. The van der Waals surface area contributed by atoms with Crippen molar-refractivity contribution in [1.29, 1.82) is 0 Å². The van der Waals surface area contributed by atoms with E-state index in [1.54, 1.807) is 36.7 Å². The number of carbonyl (C=O) groups is 1. The van der Waals surface area contributed by atoms with Gasteiger partial charge in [0.15, 0.2) is 0 Å². The summed E-state index contributed by atoms with van der Waals surface area (Å²) in [5.41, 5.74) is 1.66. The van der Waals surface area contributed by atoms with Crippen LogP contribution in [-0.4, -0.2) is 46.9 Å². The van der Waals surface area contributed by atoms with Crippen molar-refractivity contribution in [3.8, 4) is 0 Å². The van der Waals surface area contributed by atoms with Crippen LogP contribution in [0, 0.1) is 10.1 Å². The zero-order valence-electron chi connectivity index (χ0n) is 12.5. The Hall–Kier alpha value is -2.96. The standard InChI is InChI=1S/C16H16N4O3/c21-16(13-5-7-17-8-6-13)19-11-9-18(10-12-19)14-1-3-15(4-2-14)20(22)23/h1-8H,9-12H2. The van der Waals surface area contributed by atoms with Crippen LogP contribution in [0.1, 0.15) is 10.4 Å². The lowest BCUT2D eigenvalue weighted by molar-refractivity contribution is -0.384. The van der Waals surface area contributed by atoms with Crippen LogP contribution in [0.2, 0.25) is 0 Å². The second kappa shape index (κ2) is 6.43. The SMILES string of the molecule is O=C(c1ccncc1)N1CCN(c2ccc([N+](=O)[O-])cc2)CC1. The number of nitrogens with zero attached hydrogens (tertiary/aromatic N) is 4. The van der Waals surface area contributed by atoms with E-state index in [0.29, 0.717) is 31.7 Å². The van der Waals surface area contributed by atoms with E-state index in [4.69, 9.17) is 0 Å². The van der Waals surface area contributed by atoms with Gasteiger partial charge in [0.1, 0.15) is 0 Å². The highest BCUT2D eigenvalue weighted by atomic mass is 16.6. The van der Waals surface area contributed by atoms with Gasteiger partial charge in [-0.2, -0.15) is 0 Å². The van der Waals surface area contributed by atoms with E-state index in [1.807, 2.05) is 4.90 Å². The molecule has 2 heterocycles. The molecule has 0 unspecified atom stereocenters. The average Bonchev–Trinajstić information content (AvgIpc) is 2.62. The molecule has 0 spiro atoms. The van der Waals surface area contributed by atoms with Gasteiger partial charge in [0.25, 0.3) is 11.6 Å². The number of non-ortho nitro benzene ring substituents is 1. The average molecular weight is 312 g/mol. The molecule has 118 valence electrons. The van der Waals surface area contributed by atoms with Gasteiger partial charge < -0.3 is 9.80 Å². The van der Waals surface area contributed by atoms with Crippen molar-refractivity contribution in [2.45, 2.75) is 0 Å². The Labute approximate surface area is 133 Å². The number of hydrogen-bond donors (Lipinski definition) is 0. The molecule has 0 bridgehead atoms. The largest absolute Gasteiger partial charge is 0.368 e. The Morgan fingerprint density at radius 1 is 1.00 bits per heavy atom. The molecule has 1 aliphatic heterocycles. The summed E-state index contributed by atoms with van der Waals surface area (Å²) in [6.45, 7) is 2.65. The molecule has 23 heavy (non-hydrogen) atoms. The molecule has 1 aromatic heterocycles. The van der Waals surface area contributed by atoms with Gasteiger partial charge in [0, 0.05) is 62.0 Å². The van der Waals surface area contributed by atoms with Crippen molar-refractivity contribution < 1.29 is 9.72 Å². The van der Waals surface area contributed by atoms with Crippen LogP contribution in [-0.2, 0) is 0 Å². The van der Waals surface area contributed by atoms with Crippen molar-refractivity contribution >= 4 is 17.3 Å². The number of aromatic nitrogens is 1. The first-order chi connectivity index (χ1) is 11.1. The highest BCUT2D eigenvalue weighted by Crippen LogP contribution is 2.21. The first kappa shape index (κ1) is 15.0. The highest BCUT2D eigenvalue weighted by Gasteiger charge is 2.22. The molecule has 0 saturated carbocycles. The summed E-state index contributed by atoms with van der Waals surface area (Å²) >= 11 is 0. The number of carbonyl (C=O) groups excluding carboxylic acids is 1. The van der Waals surface area contributed by atoms with Crippen molar-refractivity contribution in [3.63, 3.8) is 0 Å². The fourth-order valence-corrected chi connectivity index (χ4v) is 2.63. The third-order valence-electron chi connectivity index (χ3n) is 3.92. The maximum Gasteiger partial charge on any atom is 0.269 e. The Kier molecular flexibility index (Phi) is 4.18. The van der Waals surface area contributed by atoms with Crippen LogP contribution in [0.3, 0.4) is 0 Å². The summed E-state index contributed by atoms with van der Waals surface area (Å²) in [6.07, 6.45) is 3.22. The third kappa shape index (κ3) is 3.28. The van der Waals surface area contributed by atoms with E-state index in [1.165, 1.54) is 12.1 Å². The van der Waals surface area contributed by atoms with Crippen LogP contribution >= 0.6 is 0 Å². The molecule has 1 amide bonds. The molecule has 7 heteroatoms. The van der Waals surface area contributed by atoms with E-state index < -0.39 is 4.92 Å². The first-order valence-electron chi connectivity index (χ1n) is 7.34. The van der Waals surface area contributed by atoms with Gasteiger partial charge in [-0.15, -0.1) is 0 Å². The van der Waals surface area contributed by atoms with Gasteiger partial charge in [0.05, 0.1) is 4.92 Å². The van der Waals surface area contributed by atoms with Gasteiger partial charge in [-0.1, -0.05) is 0 Å². The van der Waals surface area contributed by atoms with Crippen LogP contribution < -0.4 is 4.90 Å². The zero-order chi connectivity index (χ0) is 16.2. The van der Waals surface area contributed by atoms with Gasteiger partial charge in [-0.3, -0.25) is 19.9 Å². The van der Waals surface area contributed by atoms with E-state index in [2.05, 4.69) is 9.88 Å². The molecule has 1 saturated heterocycles. The molecule has 3 rings (SSSR count). The van der Waals surface area contributed by atoms with Gasteiger partial charge in [0.2, 0.25) is 0 Å². The molecule has 7 nitrogen and oxygen atoms in total. The number of nitro benzene ring substituents is 1. The number of benzene rings is 1. The maximum absolute atomic E-state index is 12.4. The smallest absolute Gasteiger partial charge is 0.269 e. The second-order valence-electron chi connectivity index (χ2n) is 5.29. The second-order valence-corrected chi connectivity index (χ2v) is 5.29. The predicted molar refractivity (Wildman–Crippen MR) is 85.4 cm³/mol. The summed E-state index contributed by atoms with van der Waals surface area (Å²) in [7, 11) is 0. The maximum atomic E-state index is 12.4. The summed E-state index contributed by atoms with van der Waals surface area (Å²) < 4.78 is 0. The number of pyridine rings is 1. The normalized spacial score (nSPS) is 14.6. The number of nitro groups is 1. The molecule has 0 aliphatic carbocycles. The first-order valence-corrected chi connectivity index (χ1v) is 7.34. The number of amides is 1. The van der Waals surface area contributed by atoms with Crippen LogP contribution in [0.4, 0.5) is 11.4 Å². The summed E-state index contributed by atoms with van der Waals surface area (Å²) in [4.78, 5) is 30.5. The van der Waals surface area contributed by atoms with Crippen LogP contribution in [0.15, 0.2) is 48.8 Å². The lowest BCUT2D eigenvalue weighted by Crippen LogP contribution is -2.48. The van der Waals surface area contributed by atoms with Crippen molar-refractivity contribution in [1.82, 2.24) is 9.88 Å². The number of hydrogen-bond acceptors (Lipinski definition) is 5. The topological polar surface area (TPSA) is 79.6 Å². The molecule has 0 radical (unpaired) electrons. The van der Waals surface area contributed by atoms with E-state index in [0.717, 1.165) is 5.69 Å². The monoisotopic (exact) mass is 312 g/mol. The van der Waals surface area contributed by atoms with Crippen molar-refractivity contribution in [3.05, 3.63) is 64.5 Å². The molecular formula is C16H16N4O3. The quantitative estimate of drug-likeness (QED) is 0.639. The number of rotatable bonds is 3. The molecule has 1 aromatic carbocycles. The number of piperazine rings is 1. The van der Waals surface area contributed by atoms with Gasteiger partial charge in [-0.05, 0) is 24.3 Å². The van der Waals surface area contributed by atoms with Crippen molar-refractivity contribution in [2.24, 2.45) is 0 Å². The molecule has 1 fully saturated rings. The minimum absolute atomic E-state index is 0.00995. The molecule has 0 atom stereocenters. The molecule has 0 N–H and O–H groups in total. The van der Waals surface area contributed by atoms with E-state index in [9.17, 15) is 14.9 Å². The Balaban J connectivity index is 1.62. The van der Waals surface area contributed by atoms with Gasteiger partial charge >= 0.3 is 0 Å². The minimum atomic E-state index is -0.408. The lowest BCUT2D eigenvalue weighted by Gasteiger charge is -2.36.